The van der Waals surface area contributed by atoms with Crippen LogP contribution in [-0.2, 0) is 6.18 Å². The molecule has 116 valence electrons. The first kappa shape index (κ1) is 15.9. The number of methoxy groups -OCH3 is 1. The smallest absolute Gasteiger partial charge is 0.416 e. The summed E-state index contributed by atoms with van der Waals surface area (Å²) in [5.41, 5.74) is -0.0179. The molecule has 2 aromatic rings. The van der Waals surface area contributed by atoms with Crippen molar-refractivity contribution in [3.05, 3.63) is 59.7 Å². The zero-order valence-electron chi connectivity index (χ0n) is 12.0. The number of rotatable bonds is 3. The highest BCUT2D eigenvalue weighted by Crippen LogP contribution is 2.29. The molecule has 0 atom stereocenters. The Kier molecular flexibility index (Phi) is 4.40. The monoisotopic (exact) mass is 309 g/mol. The molecule has 6 heteroatoms. The molecule has 1 amide bonds. The van der Waals surface area contributed by atoms with Crippen molar-refractivity contribution in [2.45, 2.75) is 6.18 Å². The summed E-state index contributed by atoms with van der Waals surface area (Å²) in [5, 5.41) is 0. The van der Waals surface area contributed by atoms with Crippen LogP contribution in [-0.4, -0.2) is 20.1 Å². The first-order valence-electron chi connectivity index (χ1n) is 6.42. The first-order chi connectivity index (χ1) is 10.3. The lowest BCUT2D eigenvalue weighted by Crippen LogP contribution is -2.26. The van der Waals surface area contributed by atoms with E-state index in [4.69, 9.17) is 4.74 Å². The van der Waals surface area contributed by atoms with Gasteiger partial charge in [-0.05, 0) is 36.4 Å². The summed E-state index contributed by atoms with van der Waals surface area (Å²) in [5.74, 6) is 0.187. The largest absolute Gasteiger partial charge is 0.497 e. The molecule has 0 spiro atoms. The van der Waals surface area contributed by atoms with Crippen molar-refractivity contribution in [2.24, 2.45) is 0 Å². The molecule has 0 aliphatic heterocycles. The minimum atomic E-state index is -4.42. The van der Waals surface area contributed by atoms with Crippen LogP contribution in [0.1, 0.15) is 15.9 Å². The fraction of sp³-hybridized carbons (Fsp3) is 0.188. The molecule has 0 radical (unpaired) electrons. The second kappa shape index (κ2) is 6.09. The number of carbonyl (C=O) groups is 1. The SMILES string of the molecule is COc1cccc(N(C)C(=O)c2ccc(C(F)(F)F)cc2)c1. The summed E-state index contributed by atoms with van der Waals surface area (Å²) in [6.07, 6.45) is -4.42. The zero-order valence-corrected chi connectivity index (χ0v) is 12.0. The van der Waals surface area contributed by atoms with E-state index in [2.05, 4.69) is 0 Å². The average Bonchev–Trinajstić information content (AvgIpc) is 2.53. The molecule has 22 heavy (non-hydrogen) atoms. The quantitative estimate of drug-likeness (QED) is 0.858. The number of nitrogens with zero attached hydrogens (tertiary/aromatic N) is 1. The number of benzene rings is 2. The number of anilines is 1. The highest BCUT2D eigenvalue weighted by molar-refractivity contribution is 6.05. The third-order valence-corrected chi connectivity index (χ3v) is 3.20. The Hall–Kier alpha value is -2.50. The average molecular weight is 309 g/mol. The molecule has 0 aromatic heterocycles. The van der Waals surface area contributed by atoms with Crippen LogP contribution in [0.5, 0.6) is 5.75 Å². The molecule has 0 unspecified atom stereocenters. The summed E-state index contributed by atoms with van der Waals surface area (Å²) in [6.45, 7) is 0. The molecule has 3 nitrogen and oxygen atoms in total. The summed E-state index contributed by atoms with van der Waals surface area (Å²) in [6, 6.07) is 11.0. The van der Waals surface area contributed by atoms with Crippen molar-refractivity contribution in [2.75, 3.05) is 19.1 Å². The molecule has 0 saturated heterocycles. The fourth-order valence-electron chi connectivity index (χ4n) is 1.93. The Morgan fingerprint density at radius 1 is 1.09 bits per heavy atom. The molecule has 0 aliphatic rings. The summed E-state index contributed by atoms with van der Waals surface area (Å²) in [4.78, 5) is 13.7. The molecule has 0 saturated carbocycles. The number of amides is 1. The third-order valence-electron chi connectivity index (χ3n) is 3.20. The van der Waals surface area contributed by atoms with Crippen LogP contribution in [0.2, 0.25) is 0 Å². The van der Waals surface area contributed by atoms with Gasteiger partial charge in [-0.3, -0.25) is 4.79 Å². The fourth-order valence-corrected chi connectivity index (χ4v) is 1.93. The topological polar surface area (TPSA) is 29.5 Å². The highest BCUT2D eigenvalue weighted by Gasteiger charge is 2.30. The lowest BCUT2D eigenvalue weighted by molar-refractivity contribution is -0.137. The van der Waals surface area contributed by atoms with Gasteiger partial charge in [0, 0.05) is 24.4 Å². The van der Waals surface area contributed by atoms with Gasteiger partial charge >= 0.3 is 6.18 Å². The van der Waals surface area contributed by atoms with Crippen molar-refractivity contribution in [1.82, 2.24) is 0 Å². The Labute approximate surface area is 125 Å². The maximum Gasteiger partial charge on any atom is 0.416 e. The van der Waals surface area contributed by atoms with Crippen LogP contribution < -0.4 is 9.64 Å². The van der Waals surface area contributed by atoms with Crippen LogP contribution in [0.15, 0.2) is 48.5 Å². The van der Waals surface area contributed by atoms with E-state index in [-0.39, 0.29) is 5.56 Å². The summed E-state index contributed by atoms with van der Waals surface area (Å²) >= 11 is 0. The van der Waals surface area contributed by atoms with Crippen LogP contribution in [0, 0.1) is 0 Å². The Morgan fingerprint density at radius 2 is 1.73 bits per heavy atom. The van der Waals surface area contributed by atoms with E-state index >= 15 is 0 Å². The van der Waals surface area contributed by atoms with Gasteiger partial charge in [-0.15, -0.1) is 0 Å². The van der Waals surface area contributed by atoms with Crippen molar-refractivity contribution in [1.29, 1.82) is 0 Å². The normalized spacial score (nSPS) is 11.1. The lowest BCUT2D eigenvalue weighted by atomic mass is 10.1. The highest BCUT2D eigenvalue weighted by atomic mass is 19.4. The lowest BCUT2D eigenvalue weighted by Gasteiger charge is -2.18. The van der Waals surface area contributed by atoms with Gasteiger partial charge in [0.05, 0.1) is 12.7 Å². The summed E-state index contributed by atoms with van der Waals surface area (Å²) in [7, 11) is 3.06. The standard InChI is InChI=1S/C16H14F3NO2/c1-20(13-4-3-5-14(10-13)22-2)15(21)11-6-8-12(9-7-11)16(17,18)19/h3-10H,1-2H3. The van der Waals surface area contributed by atoms with Crippen LogP contribution in [0.4, 0.5) is 18.9 Å². The van der Waals surface area contributed by atoms with E-state index in [1.165, 1.54) is 24.1 Å². The molecule has 0 aliphatic carbocycles. The number of alkyl halides is 3. The van der Waals surface area contributed by atoms with E-state index < -0.39 is 17.6 Å². The molecular formula is C16H14F3NO2. The van der Waals surface area contributed by atoms with Gasteiger partial charge in [0.1, 0.15) is 5.75 Å². The van der Waals surface area contributed by atoms with E-state index in [1.54, 1.807) is 31.3 Å². The number of hydrogen-bond donors (Lipinski definition) is 0. The molecule has 2 rings (SSSR count). The van der Waals surface area contributed by atoms with Gasteiger partial charge in [-0.2, -0.15) is 13.2 Å². The minimum Gasteiger partial charge on any atom is -0.497 e. The Bertz CT molecular complexity index is 666. The van der Waals surface area contributed by atoms with Crippen molar-refractivity contribution >= 4 is 11.6 Å². The van der Waals surface area contributed by atoms with Gasteiger partial charge < -0.3 is 9.64 Å². The first-order valence-corrected chi connectivity index (χ1v) is 6.42. The second-order valence-corrected chi connectivity index (χ2v) is 4.64. The van der Waals surface area contributed by atoms with Gasteiger partial charge in [0.2, 0.25) is 0 Å². The van der Waals surface area contributed by atoms with E-state index in [0.29, 0.717) is 11.4 Å². The van der Waals surface area contributed by atoms with Crippen LogP contribution in [0.3, 0.4) is 0 Å². The molecule has 2 aromatic carbocycles. The van der Waals surface area contributed by atoms with Gasteiger partial charge in [-0.25, -0.2) is 0 Å². The van der Waals surface area contributed by atoms with E-state index in [9.17, 15) is 18.0 Å². The molecule has 0 bridgehead atoms. The van der Waals surface area contributed by atoms with E-state index in [0.717, 1.165) is 12.1 Å². The number of halogens is 3. The number of hydrogen-bond acceptors (Lipinski definition) is 2. The Balaban J connectivity index is 2.23. The molecule has 0 fully saturated rings. The third kappa shape index (κ3) is 3.39. The number of ether oxygens (including phenoxy) is 1. The maximum atomic E-state index is 12.5. The zero-order chi connectivity index (χ0) is 16.3. The Morgan fingerprint density at radius 3 is 2.27 bits per heavy atom. The predicted octanol–water partition coefficient (Wildman–Crippen LogP) is 3.99. The van der Waals surface area contributed by atoms with Gasteiger partial charge in [0.15, 0.2) is 0 Å². The summed E-state index contributed by atoms with van der Waals surface area (Å²) < 4.78 is 42.6. The molecule has 0 N–H and O–H groups in total. The van der Waals surface area contributed by atoms with Crippen molar-refractivity contribution in [3.8, 4) is 5.75 Å². The van der Waals surface area contributed by atoms with Crippen LogP contribution in [0.25, 0.3) is 0 Å². The number of carbonyl (C=O) groups excluding carboxylic acids is 1. The minimum absolute atomic E-state index is 0.179. The van der Waals surface area contributed by atoms with Crippen molar-refractivity contribution in [3.63, 3.8) is 0 Å². The molecule has 0 heterocycles. The second-order valence-electron chi connectivity index (χ2n) is 4.64. The van der Waals surface area contributed by atoms with Gasteiger partial charge in [-0.1, -0.05) is 6.07 Å². The van der Waals surface area contributed by atoms with Crippen LogP contribution >= 0.6 is 0 Å². The van der Waals surface area contributed by atoms with E-state index in [1.807, 2.05) is 0 Å². The van der Waals surface area contributed by atoms with Gasteiger partial charge in [0.25, 0.3) is 5.91 Å². The molecular weight excluding hydrogens is 295 g/mol. The van der Waals surface area contributed by atoms with Crippen molar-refractivity contribution < 1.29 is 22.7 Å². The predicted molar refractivity (Wildman–Crippen MR) is 77.2 cm³/mol. The maximum absolute atomic E-state index is 12.5.